The highest BCUT2D eigenvalue weighted by atomic mass is 16.5. The van der Waals surface area contributed by atoms with Gasteiger partial charge in [-0.3, -0.25) is 9.59 Å². The van der Waals surface area contributed by atoms with Gasteiger partial charge in [0.25, 0.3) is 0 Å². The summed E-state index contributed by atoms with van der Waals surface area (Å²) in [5, 5.41) is 0. The van der Waals surface area contributed by atoms with Gasteiger partial charge in [-0.05, 0) is 56.2 Å². The zero-order valence-corrected chi connectivity index (χ0v) is 20.6. The molecule has 1 aliphatic heterocycles. The second kappa shape index (κ2) is 13.3. The summed E-state index contributed by atoms with van der Waals surface area (Å²) in [6, 6.07) is 10.1. The van der Waals surface area contributed by atoms with Crippen LogP contribution in [0.3, 0.4) is 0 Å². The fourth-order valence-corrected chi connectivity index (χ4v) is 5.08. The van der Waals surface area contributed by atoms with Crippen molar-refractivity contribution in [2.45, 2.75) is 70.8 Å². The highest BCUT2D eigenvalue weighted by molar-refractivity contribution is 5.89. The molecule has 0 spiro atoms. The normalized spacial score (nSPS) is 25.5. The van der Waals surface area contributed by atoms with Crippen molar-refractivity contribution >= 4 is 11.8 Å². The number of hydrogen-bond acceptors (Lipinski definition) is 4. The molecule has 1 aliphatic carbocycles. The van der Waals surface area contributed by atoms with Crippen LogP contribution in [0.1, 0.15) is 70.3 Å². The van der Waals surface area contributed by atoms with E-state index >= 15 is 0 Å². The van der Waals surface area contributed by atoms with E-state index in [0.29, 0.717) is 25.4 Å². The van der Waals surface area contributed by atoms with Crippen molar-refractivity contribution in [1.29, 1.82) is 0 Å². The van der Waals surface area contributed by atoms with E-state index in [1.807, 2.05) is 30.3 Å². The van der Waals surface area contributed by atoms with Gasteiger partial charge in [-0.25, -0.2) is 0 Å². The summed E-state index contributed by atoms with van der Waals surface area (Å²) in [6.07, 6.45) is 16.0. The largest absolute Gasteiger partial charge is 0.469 e. The van der Waals surface area contributed by atoms with E-state index in [1.165, 1.54) is 7.11 Å². The lowest BCUT2D eigenvalue weighted by Gasteiger charge is -2.34. The molecule has 0 radical (unpaired) electrons. The summed E-state index contributed by atoms with van der Waals surface area (Å²) in [4.78, 5) is 23.7. The first-order valence-corrected chi connectivity index (χ1v) is 12.7. The lowest BCUT2D eigenvalue weighted by Crippen LogP contribution is -2.34. The Labute approximate surface area is 204 Å². The minimum absolute atomic E-state index is 0.113. The summed E-state index contributed by atoms with van der Waals surface area (Å²) < 4.78 is 10.9. The van der Waals surface area contributed by atoms with Crippen molar-refractivity contribution in [3.63, 3.8) is 0 Å². The second-order valence-electron chi connectivity index (χ2n) is 9.47. The summed E-state index contributed by atoms with van der Waals surface area (Å²) in [6.45, 7) is 2.80. The maximum atomic E-state index is 12.4. The van der Waals surface area contributed by atoms with Crippen LogP contribution in [0.15, 0.2) is 54.6 Å². The maximum absolute atomic E-state index is 12.4. The molecule has 1 aromatic carbocycles. The number of fused-ring (bicyclic) bond motifs is 2. The quantitative estimate of drug-likeness (QED) is 0.125. The van der Waals surface area contributed by atoms with Gasteiger partial charge >= 0.3 is 5.97 Å². The minimum atomic E-state index is -0.197. The van der Waals surface area contributed by atoms with Crippen LogP contribution in [0.2, 0.25) is 0 Å². The van der Waals surface area contributed by atoms with Crippen LogP contribution < -0.4 is 0 Å². The van der Waals surface area contributed by atoms with E-state index < -0.39 is 0 Å². The fourth-order valence-electron chi connectivity index (χ4n) is 5.08. The molecule has 0 amide bonds. The first kappa shape index (κ1) is 26.0. The molecule has 0 aromatic heterocycles. The van der Waals surface area contributed by atoms with Gasteiger partial charge in [0.05, 0.1) is 25.2 Å². The minimum Gasteiger partial charge on any atom is -0.469 e. The van der Waals surface area contributed by atoms with Gasteiger partial charge in [0.1, 0.15) is 0 Å². The Hall–Kier alpha value is -2.64. The van der Waals surface area contributed by atoms with Crippen molar-refractivity contribution in [1.82, 2.24) is 0 Å². The molecule has 4 nitrogen and oxygen atoms in total. The van der Waals surface area contributed by atoms with Gasteiger partial charge in [0, 0.05) is 24.3 Å². The highest BCUT2D eigenvalue weighted by Gasteiger charge is 2.57. The Morgan fingerprint density at radius 1 is 1.15 bits per heavy atom. The van der Waals surface area contributed by atoms with Gasteiger partial charge in [0.2, 0.25) is 0 Å². The first-order chi connectivity index (χ1) is 16.6. The van der Waals surface area contributed by atoms with Crippen molar-refractivity contribution in [3.8, 4) is 11.8 Å². The zero-order chi connectivity index (χ0) is 24.2. The molecule has 0 N–H and O–H groups in total. The lowest BCUT2D eigenvalue weighted by molar-refractivity contribution is -0.140. The number of allylic oxidation sites excluding steroid dienone is 3. The molecular weight excluding hydrogens is 424 g/mol. The van der Waals surface area contributed by atoms with E-state index in [2.05, 4.69) is 37.0 Å². The second-order valence-corrected chi connectivity index (χ2v) is 9.47. The molecule has 2 aliphatic rings. The SMILES string of the molecule is CCCCCC(=O)C=C[C@@H]1[C@@H]2C[C@@](C#Cc3ccccc3)(CO2)[C@H]1CC=CCCCC(=O)OC. The van der Waals surface area contributed by atoms with Gasteiger partial charge < -0.3 is 9.47 Å². The Morgan fingerprint density at radius 3 is 2.74 bits per heavy atom. The molecule has 3 rings (SSSR count). The summed E-state index contributed by atoms with van der Waals surface area (Å²) in [5.41, 5.74) is 0.819. The lowest BCUT2D eigenvalue weighted by atomic mass is 9.73. The molecule has 1 saturated heterocycles. The van der Waals surface area contributed by atoms with Crippen LogP contribution in [0, 0.1) is 29.1 Å². The summed E-state index contributed by atoms with van der Waals surface area (Å²) in [5.74, 6) is 7.52. The molecule has 34 heavy (non-hydrogen) atoms. The number of carbonyl (C=O) groups is 2. The number of ether oxygens (including phenoxy) is 2. The van der Waals surface area contributed by atoms with E-state index in [1.54, 1.807) is 6.08 Å². The third-order valence-corrected chi connectivity index (χ3v) is 7.02. The average molecular weight is 463 g/mol. The smallest absolute Gasteiger partial charge is 0.305 e. The summed E-state index contributed by atoms with van der Waals surface area (Å²) >= 11 is 0. The Kier molecular flexibility index (Phi) is 10.2. The number of ketones is 1. The number of carbonyl (C=O) groups excluding carboxylic acids is 2. The van der Waals surface area contributed by atoms with Crippen LogP contribution in [-0.2, 0) is 19.1 Å². The van der Waals surface area contributed by atoms with Gasteiger partial charge in [-0.15, -0.1) is 0 Å². The molecular formula is C30H38O4. The molecule has 2 fully saturated rings. The molecule has 2 bridgehead atoms. The molecule has 1 saturated carbocycles. The Morgan fingerprint density at radius 2 is 1.97 bits per heavy atom. The van der Waals surface area contributed by atoms with E-state index in [9.17, 15) is 9.59 Å². The van der Waals surface area contributed by atoms with Crippen LogP contribution in [0.25, 0.3) is 0 Å². The number of unbranched alkanes of at least 4 members (excludes halogenated alkanes) is 3. The zero-order valence-electron chi connectivity index (χ0n) is 20.6. The molecule has 1 heterocycles. The molecule has 4 atom stereocenters. The number of benzene rings is 1. The summed E-state index contributed by atoms with van der Waals surface area (Å²) in [7, 11) is 1.42. The van der Waals surface area contributed by atoms with Gasteiger partial charge in [0.15, 0.2) is 5.78 Å². The van der Waals surface area contributed by atoms with Crippen molar-refractivity contribution < 1.29 is 19.1 Å². The Bertz CT molecular complexity index is 920. The van der Waals surface area contributed by atoms with Gasteiger partial charge in [-0.1, -0.05) is 68.0 Å². The molecule has 0 unspecified atom stereocenters. The number of esters is 1. The Balaban J connectivity index is 1.71. The molecule has 4 heteroatoms. The monoisotopic (exact) mass is 462 g/mol. The van der Waals surface area contributed by atoms with Crippen LogP contribution in [-0.4, -0.2) is 31.6 Å². The third-order valence-electron chi connectivity index (χ3n) is 7.02. The average Bonchev–Trinajstić information content (AvgIpc) is 3.41. The number of methoxy groups -OCH3 is 1. The predicted molar refractivity (Wildman–Crippen MR) is 135 cm³/mol. The highest BCUT2D eigenvalue weighted by Crippen LogP contribution is 2.55. The van der Waals surface area contributed by atoms with E-state index in [4.69, 9.17) is 9.47 Å². The topological polar surface area (TPSA) is 52.6 Å². The predicted octanol–water partition coefficient (Wildman–Crippen LogP) is 6.05. The van der Waals surface area contributed by atoms with Crippen molar-refractivity contribution in [2.75, 3.05) is 13.7 Å². The van der Waals surface area contributed by atoms with Crippen LogP contribution in [0.5, 0.6) is 0 Å². The van der Waals surface area contributed by atoms with E-state index in [0.717, 1.165) is 50.5 Å². The van der Waals surface area contributed by atoms with Crippen molar-refractivity contribution in [2.24, 2.45) is 17.3 Å². The third kappa shape index (κ3) is 7.18. The van der Waals surface area contributed by atoms with Crippen molar-refractivity contribution in [3.05, 3.63) is 60.2 Å². The van der Waals surface area contributed by atoms with Gasteiger partial charge in [-0.2, -0.15) is 0 Å². The molecule has 182 valence electrons. The standard InChI is InChI=1S/C30H38O4/c1-3-4-8-15-25(31)18-19-26-27(16-11-5-6-12-17-29(32)33-2)30(22-28(26)34-23-30)21-20-24-13-9-7-10-14-24/h5,7,9-11,13-14,18-19,26-28H,3-4,6,8,12,15-17,22-23H2,1-2H3/t26-,27-,28-,30-/m0/s1. The maximum Gasteiger partial charge on any atom is 0.305 e. The first-order valence-electron chi connectivity index (χ1n) is 12.7. The fraction of sp³-hybridized carbons (Fsp3) is 0.533. The van der Waals surface area contributed by atoms with Crippen LogP contribution >= 0.6 is 0 Å². The molecule has 1 aromatic rings. The number of hydrogen-bond donors (Lipinski definition) is 0. The van der Waals surface area contributed by atoms with Crippen LogP contribution in [0.4, 0.5) is 0 Å². The van der Waals surface area contributed by atoms with E-state index in [-0.39, 0.29) is 29.2 Å². The number of rotatable bonds is 12.